The van der Waals surface area contributed by atoms with Crippen LogP contribution in [0.5, 0.6) is 17.2 Å². The summed E-state index contributed by atoms with van der Waals surface area (Å²) in [7, 11) is 6.24. The van der Waals surface area contributed by atoms with Crippen molar-refractivity contribution in [3.63, 3.8) is 0 Å². The molecule has 2 aromatic carbocycles. The third-order valence-electron chi connectivity index (χ3n) is 6.19. The van der Waals surface area contributed by atoms with Crippen LogP contribution < -0.4 is 14.2 Å². The van der Waals surface area contributed by atoms with Crippen molar-refractivity contribution in [1.29, 1.82) is 0 Å². The molecule has 0 radical (unpaired) electrons. The van der Waals surface area contributed by atoms with E-state index in [1.54, 1.807) is 21.3 Å². The normalized spacial score (nSPS) is 21.4. The molecule has 0 N–H and O–H groups in total. The van der Waals surface area contributed by atoms with Gasteiger partial charge in [0.05, 0.1) is 34.9 Å². The number of piperazine rings is 1. The molecule has 0 aliphatic carbocycles. The number of benzene rings is 2. The number of quaternary nitrogens is 1. The SMILES string of the molecule is CCCCN1CC[N+](C)([O-])C(=O)C1Cc1ccc(-c2cc(OC)c(OC)c(OC)c2)cc1. The van der Waals surface area contributed by atoms with Gasteiger partial charge < -0.3 is 19.4 Å². The summed E-state index contributed by atoms with van der Waals surface area (Å²) in [5, 5.41) is 12.6. The lowest BCUT2D eigenvalue weighted by Gasteiger charge is -2.46. The van der Waals surface area contributed by atoms with Crippen LogP contribution in [0.15, 0.2) is 36.4 Å². The fraction of sp³-hybridized carbons (Fsp3) is 0.480. The fourth-order valence-corrected chi connectivity index (χ4v) is 4.21. The number of unbranched alkanes of at least 4 members (excludes halogenated alkanes) is 1. The van der Waals surface area contributed by atoms with E-state index in [-0.39, 0.29) is 11.9 Å². The minimum absolute atomic E-state index is 0.249. The zero-order valence-electron chi connectivity index (χ0n) is 19.7. The second-order valence-electron chi connectivity index (χ2n) is 8.38. The Morgan fingerprint density at radius 3 is 2.19 bits per heavy atom. The lowest BCUT2D eigenvalue weighted by Crippen LogP contribution is -2.63. The van der Waals surface area contributed by atoms with E-state index >= 15 is 0 Å². The summed E-state index contributed by atoms with van der Waals surface area (Å²) in [4.78, 5) is 15.1. The molecule has 1 saturated heterocycles. The van der Waals surface area contributed by atoms with Crippen molar-refractivity contribution in [3.05, 3.63) is 47.2 Å². The summed E-state index contributed by atoms with van der Waals surface area (Å²) in [6.45, 7) is 3.95. The first-order valence-electron chi connectivity index (χ1n) is 11.1. The molecular weight excluding hydrogens is 408 g/mol. The van der Waals surface area contributed by atoms with Crippen LogP contribution >= 0.6 is 0 Å². The molecule has 0 saturated carbocycles. The molecule has 7 heteroatoms. The molecule has 32 heavy (non-hydrogen) atoms. The highest BCUT2D eigenvalue weighted by molar-refractivity contribution is 5.77. The quantitative estimate of drug-likeness (QED) is 0.434. The van der Waals surface area contributed by atoms with E-state index < -0.39 is 4.65 Å². The van der Waals surface area contributed by atoms with Crippen molar-refractivity contribution >= 4 is 5.91 Å². The zero-order valence-corrected chi connectivity index (χ0v) is 19.7. The number of hydrogen-bond acceptors (Lipinski definition) is 6. The van der Waals surface area contributed by atoms with Gasteiger partial charge in [-0.3, -0.25) is 9.55 Å². The molecule has 1 amide bonds. The Bertz CT molecular complexity index is 901. The van der Waals surface area contributed by atoms with Crippen molar-refractivity contribution in [2.45, 2.75) is 32.2 Å². The number of hydrogen-bond donors (Lipinski definition) is 0. The Labute approximate surface area is 190 Å². The first-order valence-corrected chi connectivity index (χ1v) is 11.1. The van der Waals surface area contributed by atoms with Gasteiger partial charge in [-0.25, -0.2) is 4.79 Å². The number of carbonyl (C=O) groups excluding carboxylic acids is 1. The lowest BCUT2D eigenvalue weighted by molar-refractivity contribution is -0.788. The second kappa shape index (κ2) is 10.3. The summed E-state index contributed by atoms with van der Waals surface area (Å²) in [5.41, 5.74) is 2.96. The Morgan fingerprint density at radius 2 is 1.66 bits per heavy atom. The van der Waals surface area contributed by atoms with Crippen LogP contribution in [0.4, 0.5) is 0 Å². The minimum Gasteiger partial charge on any atom is -0.625 e. The largest absolute Gasteiger partial charge is 0.625 e. The Morgan fingerprint density at radius 1 is 1.03 bits per heavy atom. The van der Waals surface area contributed by atoms with Crippen LogP contribution in [0.2, 0.25) is 0 Å². The predicted octanol–water partition coefficient (Wildman–Crippen LogP) is 3.88. The highest BCUT2D eigenvalue weighted by Crippen LogP contribution is 2.41. The van der Waals surface area contributed by atoms with Gasteiger partial charge in [0.2, 0.25) is 5.75 Å². The van der Waals surface area contributed by atoms with Crippen LogP contribution in [-0.2, 0) is 11.2 Å². The molecule has 0 aromatic heterocycles. The van der Waals surface area contributed by atoms with Crippen molar-refractivity contribution in [1.82, 2.24) is 4.90 Å². The maximum absolute atomic E-state index is 12.9. The molecule has 2 unspecified atom stereocenters. The molecule has 1 heterocycles. The van der Waals surface area contributed by atoms with Crippen LogP contribution in [0.1, 0.15) is 25.3 Å². The topological polar surface area (TPSA) is 71.1 Å². The molecule has 2 aromatic rings. The molecule has 0 bridgehead atoms. The number of rotatable bonds is 9. The number of amides is 1. The molecule has 3 rings (SSSR count). The molecule has 7 nitrogen and oxygen atoms in total. The summed E-state index contributed by atoms with van der Waals surface area (Å²) in [6, 6.07) is 11.5. The average molecular weight is 443 g/mol. The third kappa shape index (κ3) is 5.06. The Kier molecular flexibility index (Phi) is 7.77. The fourth-order valence-electron chi connectivity index (χ4n) is 4.21. The van der Waals surface area contributed by atoms with Gasteiger partial charge in [0.15, 0.2) is 11.5 Å². The predicted molar refractivity (Wildman–Crippen MR) is 125 cm³/mol. The van der Waals surface area contributed by atoms with E-state index in [9.17, 15) is 10.0 Å². The minimum atomic E-state index is -0.795. The number of ether oxygens (including phenoxy) is 3. The van der Waals surface area contributed by atoms with Gasteiger partial charge >= 0.3 is 5.91 Å². The van der Waals surface area contributed by atoms with E-state index in [1.807, 2.05) is 36.4 Å². The van der Waals surface area contributed by atoms with Gasteiger partial charge in [-0.05, 0) is 41.8 Å². The first kappa shape index (κ1) is 24.0. The molecule has 1 aliphatic heterocycles. The van der Waals surface area contributed by atoms with E-state index in [1.165, 1.54) is 7.05 Å². The van der Waals surface area contributed by atoms with E-state index in [0.29, 0.717) is 36.8 Å². The maximum atomic E-state index is 12.9. The Hall–Kier alpha value is -2.61. The molecular formula is C25H34N2O5. The molecule has 1 fully saturated rings. The molecule has 2 atom stereocenters. The van der Waals surface area contributed by atoms with E-state index in [4.69, 9.17) is 14.2 Å². The lowest BCUT2D eigenvalue weighted by atomic mass is 9.97. The second-order valence-corrected chi connectivity index (χ2v) is 8.38. The maximum Gasteiger partial charge on any atom is 0.331 e. The van der Waals surface area contributed by atoms with Gasteiger partial charge in [-0.15, -0.1) is 0 Å². The van der Waals surface area contributed by atoms with Gasteiger partial charge in [0, 0.05) is 13.0 Å². The highest BCUT2D eigenvalue weighted by atomic mass is 16.6. The summed E-state index contributed by atoms with van der Waals surface area (Å²) in [5.74, 6) is 1.49. The van der Waals surface area contributed by atoms with E-state index in [0.717, 1.165) is 36.1 Å². The van der Waals surface area contributed by atoms with Gasteiger partial charge in [-0.1, -0.05) is 37.6 Å². The Balaban J connectivity index is 1.84. The smallest absolute Gasteiger partial charge is 0.331 e. The van der Waals surface area contributed by atoms with Crippen molar-refractivity contribution in [2.24, 2.45) is 0 Å². The van der Waals surface area contributed by atoms with Gasteiger partial charge in [0.1, 0.15) is 6.04 Å². The van der Waals surface area contributed by atoms with Gasteiger partial charge in [-0.2, -0.15) is 0 Å². The third-order valence-corrected chi connectivity index (χ3v) is 6.19. The van der Waals surface area contributed by atoms with Gasteiger partial charge in [0.25, 0.3) is 0 Å². The standard InChI is InChI=1S/C25H34N2O5/c1-6-7-12-26-13-14-27(2,29)25(28)21(26)15-18-8-10-19(11-9-18)20-16-22(30-3)24(32-5)23(17-20)31-4/h8-11,16-17,21H,6-7,12-15H2,1-5H3. The monoisotopic (exact) mass is 442 g/mol. The van der Waals surface area contributed by atoms with Crippen molar-refractivity contribution in [2.75, 3.05) is 48.0 Å². The molecule has 0 spiro atoms. The van der Waals surface area contributed by atoms with Crippen molar-refractivity contribution in [3.8, 4) is 28.4 Å². The molecule has 1 aliphatic rings. The van der Waals surface area contributed by atoms with Crippen LogP contribution in [0.25, 0.3) is 11.1 Å². The highest BCUT2D eigenvalue weighted by Gasteiger charge is 2.40. The summed E-state index contributed by atoms with van der Waals surface area (Å²) >= 11 is 0. The van der Waals surface area contributed by atoms with Crippen LogP contribution in [0, 0.1) is 5.21 Å². The first-order chi connectivity index (χ1) is 15.3. The number of hydroxylamine groups is 3. The summed E-state index contributed by atoms with van der Waals surface area (Å²) in [6.07, 6.45) is 2.62. The zero-order chi connectivity index (χ0) is 23.3. The average Bonchev–Trinajstić information content (AvgIpc) is 2.81. The van der Waals surface area contributed by atoms with Crippen LogP contribution in [0.3, 0.4) is 0 Å². The number of likely N-dealkylation sites (N-methyl/N-ethyl adjacent to an activating group) is 1. The number of methoxy groups -OCH3 is 3. The van der Waals surface area contributed by atoms with E-state index in [2.05, 4.69) is 11.8 Å². The van der Waals surface area contributed by atoms with Crippen LogP contribution in [-0.4, -0.2) is 69.5 Å². The summed E-state index contributed by atoms with van der Waals surface area (Å²) < 4.78 is 15.5. The number of carbonyl (C=O) groups is 1. The number of nitrogens with zero attached hydrogens (tertiary/aromatic N) is 2. The molecule has 174 valence electrons. The van der Waals surface area contributed by atoms with Crippen molar-refractivity contribution < 1.29 is 23.7 Å².